The first-order valence-electron chi connectivity index (χ1n) is 8.24. The zero-order valence-electron chi connectivity index (χ0n) is 14.4. The Kier molecular flexibility index (Phi) is 13.6. The van der Waals surface area contributed by atoms with Crippen molar-refractivity contribution in [2.45, 2.75) is 39.2 Å². The van der Waals surface area contributed by atoms with Crippen LogP contribution in [0.5, 0.6) is 5.75 Å². The Morgan fingerprint density at radius 1 is 1.21 bits per heavy atom. The highest BCUT2D eigenvalue weighted by Crippen LogP contribution is 2.11. The molecule has 0 fully saturated rings. The number of guanidine groups is 1. The highest BCUT2D eigenvalue weighted by atomic mass is 127. The van der Waals surface area contributed by atoms with Crippen molar-refractivity contribution >= 4 is 29.9 Å². The summed E-state index contributed by atoms with van der Waals surface area (Å²) in [6.07, 6.45) is 2.73. The van der Waals surface area contributed by atoms with Crippen LogP contribution in [0.2, 0.25) is 0 Å². The normalized spacial score (nSPS) is 12.2. The molecule has 138 valence electrons. The third-order valence-corrected chi connectivity index (χ3v) is 3.13. The van der Waals surface area contributed by atoms with E-state index in [-0.39, 0.29) is 42.9 Å². The summed E-state index contributed by atoms with van der Waals surface area (Å²) in [6.45, 7) is 6.15. The monoisotopic (exact) mass is 453 g/mol. The number of halogens is 2. The van der Waals surface area contributed by atoms with Crippen LogP contribution in [0.4, 0.5) is 4.39 Å². The molecule has 0 spiro atoms. The van der Waals surface area contributed by atoms with Crippen LogP contribution in [0, 0.1) is 5.82 Å². The smallest absolute Gasteiger partial charge is 0.191 e. The summed E-state index contributed by atoms with van der Waals surface area (Å²) < 4.78 is 18.2. The standard InChI is InChI=1S/C17H28FN3O2.HI/c1-3-5-6-11-20-17(19-4-2)21-12-15(22)13-23-16-9-7-14(18)8-10-16;/h7-10,15,22H,3-6,11-13H2,1-2H3,(H2,19,20,21);1H. The number of ether oxygens (including phenoxy) is 1. The van der Waals surface area contributed by atoms with Gasteiger partial charge in [-0.2, -0.15) is 0 Å². The molecule has 1 rings (SSSR count). The van der Waals surface area contributed by atoms with Gasteiger partial charge in [-0.15, -0.1) is 24.0 Å². The highest BCUT2D eigenvalue weighted by Gasteiger charge is 2.06. The van der Waals surface area contributed by atoms with Gasteiger partial charge in [-0.05, 0) is 37.6 Å². The maximum absolute atomic E-state index is 12.8. The molecular weight excluding hydrogens is 424 g/mol. The SMILES string of the molecule is CCCCCNC(=NCC(O)COc1ccc(F)cc1)NCC.I. The minimum absolute atomic E-state index is 0. The molecular formula is C17H29FIN3O2. The van der Waals surface area contributed by atoms with E-state index >= 15 is 0 Å². The second-order valence-electron chi connectivity index (χ2n) is 5.27. The van der Waals surface area contributed by atoms with Crippen LogP contribution in [0.15, 0.2) is 29.3 Å². The number of benzene rings is 1. The average Bonchev–Trinajstić information content (AvgIpc) is 2.56. The van der Waals surface area contributed by atoms with E-state index in [4.69, 9.17) is 4.74 Å². The molecule has 1 unspecified atom stereocenters. The lowest BCUT2D eigenvalue weighted by atomic mass is 10.2. The predicted octanol–water partition coefficient (Wildman–Crippen LogP) is 2.93. The fourth-order valence-electron chi connectivity index (χ4n) is 1.90. The molecule has 0 amide bonds. The van der Waals surface area contributed by atoms with Crippen molar-refractivity contribution in [2.24, 2.45) is 4.99 Å². The Hall–Kier alpha value is -1.09. The number of unbranched alkanes of at least 4 members (excludes halogenated alkanes) is 2. The molecule has 0 aliphatic rings. The zero-order chi connectivity index (χ0) is 16.9. The Morgan fingerprint density at radius 2 is 1.92 bits per heavy atom. The molecule has 3 N–H and O–H groups in total. The summed E-state index contributed by atoms with van der Waals surface area (Å²) in [4.78, 5) is 4.34. The number of nitrogens with zero attached hydrogens (tertiary/aromatic N) is 1. The first-order valence-corrected chi connectivity index (χ1v) is 8.24. The maximum Gasteiger partial charge on any atom is 0.191 e. The fraction of sp³-hybridized carbons (Fsp3) is 0.588. The molecule has 24 heavy (non-hydrogen) atoms. The number of rotatable bonds is 10. The molecule has 0 radical (unpaired) electrons. The van der Waals surface area contributed by atoms with Gasteiger partial charge in [-0.1, -0.05) is 19.8 Å². The topological polar surface area (TPSA) is 65.9 Å². The zero-order valence-corrected chi connectivity index (χ0v) is 16.8. The van der Waals surface area contributed by atoms with Crippen LogP contribution in [-0.2, 0) is 0 Å². The van der Waals surface area contributed by atoms with E-state index in [0.29, 0.717) is 11.7 Å². The van der Waals surface area contributed by atoms with Crippen molar-refractivity contribution in [2.75, 3.05) is 26.2 Å². The van der Waals surface area contributed by atoms with E-state index in [9.17, 15) is 9.50 Å². The van der Waals surface area contributed by atoms with E-state index in [1.807, 2.05) is 6.92 Å². The van der Waals surface area contributed by atoms with Gasteiger partial charge in [0.25, 0.3) is 0 Å². The molecule has 0 aliphatic heterocycles. The van der Waals surface area contributed by atoms with Crippen molar-refractivity contribution in [3.05, 3.63) is 30.1 Å². The summed E-state index contributed by atoms with van der Waals surface area (Å²) in [5.74, 6) is 0.912. The van der Waals surface area contributed by atoms with Crippen LogP contribution < -0.4 is 15.4 Å². The minimum Gasteiger partial charge on any atom is -0.491 e. The highest BCUT2D eigenvalue weighted by molar-refractivity contribution is 14.0. The lowest BCUT2D eigenvalue weighted by Gasteiger charge is -2.13. The molecule has 5 nitrogen and oxygen atoms in total. The van der Waals surface area contributed by atoms with E-state index in [2.05, 4.69) is 22.5 Å². The van der Waals surface area contributed by atoms with E-state index in [1.165, 1.54) is 37.1 Å². The molecule has 0 bridgehead atoms. The first kappa shape index (κ1) is 22.9. The third kappa shape index (κ3) is 10.6. The van der Waals surface area contributed by atoms with E-state index < -0.39 is 6.10 Å². The molecule has 0 heterocycles. The Labute approximate surface area is 161 Å². The fourth-order valence-corrected chi connectivity index (χ4v) is 1.90. The number of aliphatic hydroxyl groups excluding tert-OH is 1. The minimum atomic E-state index is -0.717. The number of aliphatic hydroxyl groups is 1. The van der Waals surface area contributed by atoms with Gasteiger partial charge in [-0.3, -0.25) is 4.99 Å². The van der Waals surface area contributed by atoms with Gasteiger partial charge in [0.1, 0.15) is 24.3 Å². The van der Waals surface area contributed by atoms with Crippen LogP contribution in [0.25, 0.3) is 0 Å². The van der Waals surface area contributed by atoms with Crippen LogP contribution >= 0.6 is 24.0 Å². The van der Waals surface area contributed by atoms with Crippen LogP contribution in [0.1, 0.15) is 33.1 Å². The molecule has 1 aromatic rings. The molecule has 0 saturated carbocycles. The predicted molar refractivity (Wildman–Crippen MR) is 107 cm³/mol. The molecule has 1 atom stereocenters. The molecule has 0 aromatic heterocycles. The van der Waals surface area contributed by atoms with Gasteiger partial charge in [0, 0.05) is 13.1 Å². The molecule has 0 saturated heterocycles. The van der Waals surface area contributed by atoms with Crippen molar-refractivity contribution in [1.82, 2.24) is 10.6 Å². The number of aliphatic imine (C=N–C) groups is 1. The second-order valence-corrected chi connectivity index (χ2v) is 5.27. The van der Waals surface area contributed by atoms with Gasteiger partial charge in [-0.25, -0.2) is 4.39 Å². The Balaban J connectivity index is 0.00000529. The summed E-state index contributed by atoms with van der Waals surface area (Å²) in [5, 5.41) is 16.3. The lowest BCUT2D eigenvalue weighted by Crippen LogP contribution is -2.38. The molecule has 7 heteroatoms. The van der Waals surface area contributed by atoms with E-state index in [1.54, 1.807) is 0 Å². The van der Waals surface area contributed by atoms with Gasteiger partial charge >= 0.3 is 0 Å². The first-order chi connectivity index (χ1) is 11.2. The van der Waals surface area contributed by atoms with Crippen molar-refractivity contribution < 1.29 is 14.2 Å². The summed E-state index contributed by atoms with van der Waals surface area (Å²) >= 11 is 0. The summed E-state index contributed by atoms with van der Waals surface area (Å²) in [5.41, 5.74) is 0. The van der Waals surface area contributed by atoms with Crippen molar-refractivity contribution in [3.8, 4) is 5.75 Å². The molecule has 0 aliphatic carbocycles. The maximum atomic E-state index is 12.8. The quantitative estimate of drug-likeness (QED) is 0.221. The second kappa shape index (κ2) is 14.3. The van der Waals surface area contributed by atoms with Gasteiger partial charge < -0.3 is 20.5 Å². The Bertz CT molecular complexity index is 458. The third-order valence-electron chi connectivity index (χ3n) is 3.13. The number of hydrogen-bond donors (Lipinski definition) is 3. The van der Waals surface area contributed by atoms with Crippen molar-refractivity contribution in [1.29, 1.82) is 0 Å². The van der Waals surface area contributed by atoms with Crippen molar-refractivity contribution in [3.63, 3.8) is 0 Å². The van der Waals surface area contributed by atoms with E-state index in [0.717, 1.165) is 19.5 Å². The number of nitrogens with one attached hydrogen (secondary N) is 2. The van der Waals surface area contributed by atoms with Crippen LogP contribution in [-0.4, -0.2) is 43.4 Å². The molecule has 1 aromatic carbocycles. The Morgan fingerprint density at radius 3 is 2.54 bits per heavy atom. The van der Waals surface area contributed by atoms with Crippen LogP contribution in [0.3, 0.4) is 0 Å². The average molecular weight is 453 g/mol. The lowest BCUT2D eigenvalue weighted by molar-refractivity contribution is 0.114. The summed E-state index contributed by atoms with van der Waals surface area (Å²) in [6, 6.07) is 5.71. The van der Waals surface area contributed by atoms with Gasteiger partial charge in [0.15, 0.2) is 5.96 Å². The van der Waals surface area contributed by atoms with Gasteiger partial charge in [0.2, 0.25) is 0 Å². The summed E-state index contributed by atoms with van der Waals surface area (Å²) in [7, 11) is 0. The number of hydrogen-bond acceptors (Lipinski definition) is 3. The van der Waals surface area contributed by atoms with Gasteiger partial charge in [0.05, 0.1) is 6.54 Å². The largest absolute Gasteiger partial charge is 0.491 e.